The Morgan fingerprint density at radius 1 is 1.18 bits per heavy atom. The first-order chi connectivity index (χ1) is 13.5. The van der Waals surface area contributed by atoms with Crippen LogP contribution in [0.3, 0.4) is 0 Å². The van der Waals surface area contributed by atoms with E-state index in [2.05, 4.69) is 20.5 Å². The number of aryl methyl sites for hydroxylation is 1. The second kappa shape index (κ2) is 9.66. The fraction of sp³-hybridized carbons (Fsp3) is 0.381. The summed E-state index contributed by atoms with van der Waals surface area (Å²) in [6.45, 7) is 4.25. The van der Waals surface area contributed by atoms with Crippen LogP contribution in [0.15, 0.2) is 42.6 Å². The van der Waals surface area contributed by atoms with Gasteiger partial charge in [0.15, 0.2) is 0 Å². The number of anilines is 2. The topological polar surface area (TPSA) is 74.3 Å². The predicted molar refractivity (Wildman–Crippen MR) is 111 cm³/mol. The van der Waals surface area contributed by atoms with Crippen LogP contribution in [0.5, 0.6) is 0 Å². The van der Waals surface area contributed by atoms with Crippen molar-refractivity contribution in [1.29, 1.82) is 0 Å². The van der Waals surface area contributed by atoms with Crippen LogP contribution in [0.2, 0.25) is 5.02 Å². The molecular formula is C21H25ClN4O2. The number of likely N-dealkylation sites (tertiary alicyclic amines) is 1. The van der Waals surface area contributed by atoms with Gasteiger partial charge in [0.25, 0.3) is 0 Å². The average Bonchev–Trinajstić information content (AvgIpc) is 2.68. The van der Waals surface area contributed by atoms with Gasteiger partial charge in [0.1, 0.15) is 5.82 Å². The minimum Gasteiger partial charge on any atom is -0.325 e. The van der Waals surface area contributed by atoms with Crippen molar-refractivity contribution in [2.45, 2.75) is 26.2 Å². The highest BCUT2D eigenvalue weighted by Gasteiger charge is 2.25. The van der Waals surface area contributed by atoms with Crippen LogP contribution in [0.25, 0.3) is 0 Å². The van der Waals surface area contributed by atoms with Crippen LogP contribution < -0.4 is 10.6 Å². The Morgan fingerprint density at radius 2 is 1.93 bits per heavy atom. The molecule has 1 saturated heterocycles. The lowest BCUT2D eigenvalue weighted by atomic mass is 9.96. The molecule has 1 aliphatic rings. The number of hydrogen-bond acceptors (Lipinski definition) is 4. The lowest BCUT2D eigenvalue weighted by molar-refractivity contribution is -0.121. The van der Waals surface area contributed by atoms with Crippen LogP contribution in [-0.2, 0) is 9.59 Å². The molecule has 6 nitrogen and oxygen atoms in total. The van der Waals surface area contributed by atoms with Gasteiger partial charge in [-0.25, -0.2) is 4.98 Å². The molecule has 1 aliphatic heterocycles. The molecule has 2 amide bonds. The summed E-state index contributed by atoms with van der Waals surface area (Å²) in [6, 6.07) is 11.0. The monoisotopic (exact) mass is 400 g/mol. The molecular weight excluding hydrogens is 376 g/mol. The third-order valence-electron chi connectivity index (χ3n) is 4.93. The van der Waals surface area contributed by atoms with Crippen molar-refractivity contribution in [3.8, 4) is 0 Å². The molecule has 0 radical (unpaired) electrons. The zero-order valence-corrected chi connectivity index (χ0v) is 16.7. The summed E-state index contributed by atoms with van der Waals surface area (Å²) < 4.78 is 0. The molecule has 148 valence electrons. The smallest absolute Gasteiger partial charge is 0.228 e. The van der Waals surface area contributed by atoms with Gasteiger partial charge >= 0.3 is 0 Å². The molecule has 0 aliphatic carbocycles. The van der Waals surface area contributed by atoms with E-state index in [1.54, 1.807) is 18.3 Å². The fourth-order valence-corrected chi connectivity index (χ4v) is 3.47. The summed E-state index contributed by atoms with van der Waals surface area (Å²) in [5.41, 5.74) is 1.70. The molecule has 2 N–H and O–H groups in total. The van der Waals surface area contributed by atoms with Crippen molar-refractivity contribution in [2.24, 2.45) is 5.92 Å². The van der Waals surface area contributed by atoms with Crippen LogP contribution in [-0.4, -0.2) is 41.3 Å². The number of pyridine rings is 1. The molecule has 1 aromatic heterocycles. The van der Waals surface area contributed by atoms with E-state index in [9.17, 15) is 9.59 Å². The molecule has 3 rings (SSSR count). The number of carbonyl (C=O) groups is 2. The minimum atomic E-state index is -0.0570. The summed E-state index contributed by atoms with van der Waals surface area (Å²) in [6.07, 6.45) is 3.66. The van der Waals surface area contributed by atoms with Crippen molar-refractivity contribution < 1.29 is 9.59 Å². The van der Waals surface area contributed by atoms with E-state index in [0.29, 0.717) is 29.5 Å². The van der Waals surface area contributed by atoms with Gasteiger partial charge in [-0.2, -0.15) is 0 Å². The second-order valence-corrected chi connectivity index (χ2v) is 7.51. The number of para-hydroxylation sites is 1. The molecule has 1 aromatic carbocycles. The Labute approximate surface area is 170 Å². The summed E-state index contributed by atoms with van der Waals surface area (Å²) in [7, 11) is 0. The average molecular weight is 401 g/mol. The molecule has 0 bridgehead atoms. The highest BCUT2D eigenvalue weighted by Crippen LogP contribution is 2.21. The van der Waals surface area contributed by atoms with E-state index in [1.807, 2.05) is 31.2 Å². The number of hydrogen-bond donors (Lipinski definition) is 2. The number of halogens is 1. The summed E-state index contributed by atoms with van der Waals surface area (Å²) in [5.74, 6) is 0.548. The lowest BCUT2D eigenvalue weighted by Crippen LogP contribution is -2.39. The summed E-state index contributed by atoms with van der Waals surface area (Å²) in [4.78, 5) is 31.0. The number of amides is 2. The maximum absolute atomic E-state index is 12.4. The van der Waals surface area contributed by atoms with Crippen molar-refractivity contribution >= 4 is 34.9 Å². The van der Waals surface area contributed by atoms with E-state index >= 15 is 0 Å². The van der Waals surface area contributed by atoms with Gasteiger partial charge in [-0.3, -0.25) is 9.59 Å². The van der Waals surface area contributed by atoms with Crippen molar-refractivity contribution in [2.75, 3.05) is 30.3 Å². The molecule has 0 unspecified atom stereocenters. The molecule has 2 heterocycles. The van der Waals surface area contributed by atoms with Crippen LogP contribution in [0, 0.1) is 12.8 Å². The molecule has 2 aromatic rings. The largest absolute Gasteiger partial charge is 0.325 e. The van der Waals surface area contributed by atoms with Crippen molar-refractivity contribution in [1.82, 2.24) is 9.88 Å². The third kappa shape index (κ3) is 5.78. The standard InChI is InChI=1S/C21H25ClN4O2/c1-15-6-10-23-19(14-15)25-21(28)16-7-11-26(12-8-16)13-9-20(27)24-18-5-3-2-4-17(18)22/h2-6,10,14,16H,7-9,11-13H2,1H3,(H,24,27)(H,23,25,28). The molecule has 0 atom stereocenters. The SMILES string of the molecule is Cc1ccnc(NC(=O)C2CCN(CCC(=O)Nc3ccccc3Cl)CC2)c1. The molecule has 0 saturated carbocycles. The lowest BCUT2D eigenvalue weighted by Gasteiger charge is -2.31. The number of nitrogens with one attached hydrogen (secondary N) is 2. The number of piperidine rings is 1. The Morgan fingerprint density at radius 3 is 2.64 bits per heavy atom. The fourth-order valence-electron chi connectivity index (χ4n) is 3.29. The highest BCUT2D eigenvalue weighted by molar-refractivity contribution is 6.33. The highest BCUT2D eigenvalue weighted by atomic mass is 35.5. The van der Waals surface area contributed by atoms with Crippen LogP contribution in [0.1, 0.15) is 24.8 Å². The Balaban J connectivity index is 1.39. The van der Waals surface area contributed by atoms with Crippen molar-refractivity contribution in [3.05, 3.63) is 53.2 Å². The van der Waals surface area contributed by atoms with E-state index in [-0.39, 0.29) is 17.7 Å². The van der Waals surface area contributed by atoms with Crippen LogP contribution in [0.4, 0.5) is 11.5 Å². The maximum Gasteiger partial charge on any atom is 0.228 e. The molecule has 0 spiro atoms. The van der Waals surface area contributed by atoms with Gasteiger partial charge in [0.2, 0.25) is 11.8 Å². The van der Waals surface area contributed by atoms with E-state index in [1.165, 1.54) is 0 Å². The minimum absolute atomic E-state index is 0.0180. The van der Waals surface area contributed by atoms with E-state index in [4.69, 9.17) is 11.6 Å². The van der Waals surface area contributed by atoms with E-state index in [0.717, 1.165) is 31.5 Å². The molecule has 28 heavy (non-hydrogen) atoms. The first-order valence-electron chi connectivity index (χ1n) is 9.51. The summed E-state index contributed by atoms with van der Waals surface area (Å²) >= 11 is 6.06. The van der Waals surface area contributed by atoms with Gasteiger partial charge in [0, 0.05) is 25.1 Å². The predicted octanol–water partition coefficient (Wildman–Crippen LogP) is 3.72. The second-order valence-electron chi connectivity index (χ2n) is 7.10. The number of benzene rings is 1. The van der Waals surface area contributed by atoms with Gasteiger partial charge in [0.05, 0.1) is 10.7 Å². The Hall–Kier alpha value is -2.44. The zero-order valence-electron chi connectivity index (χ0n) is 16.0. The molecule has 1 fully saturated rings. The Bertz CT molecular complexity index is 835. The van der Waals surface area contributed by atoms with Gasteiger partial charge < -0.3 is 15.5 Å². The number of nitrogens with zero attached hydrogens (tertiary/aromatic N) is 2. The van der Waals surface area contributed by atoms with Gasteiger partial charge in [-0.05, 0) is 62.7 Å². The maximum atomic E-state index is 12.4. The summed E-state index contributed by atoms with van der Waals surface area (Å²) in [5, 5.41) is 6.28. The van der Waals surface area contributed by atoms with Gasteiger partial charge in [-0.1, -0.05) is 23.7 Å². The quantitative estimate of drug-likeness (QED) is 0.774. The molecule has 7 heteroatoms. The first kappa shape index (κ1) is 20.3. The third-order valence-corrected chi connectivity index (χ3v) is 5.26. The number of carbonyl (C=O) groups excluding carboxylic acids is 2. The first-order valence-corrected chi connectivity index (χ1v) is 9.89. The van der Waals surface area contributed by atoms with Crippen LogP contribution >= 0.6 is 11.6 Å². The van der Waals surface area contributed by atoms with Crippen molar-refractivity contribution in [3.63, 3.8) is 0 Å². The van der Waals surface area contributed by atoms with Gasteiger partial charge in [-0.15, -0.1) is 0 Å². The van der Waals surface area contributed by atoms with E-state index < -0.39 is 0 Å². The number of aromatic nitrogens is 1. The number of rotatable bonds is 6. The Kier molecular flexibility index (Phi) is 7.01. The zero-order chi connectivity index (χ0) is 19.9. The normalized spacial score (nSPS) is 15.2.